The van der Waals surface area contributed by atoms with E-state index < -0.39 is 0 Å². The molecule has 0 fully saturated rings. The molecule has 138 valence electrons. The molecule has 0 saturated carbocycles. The molecule has 6 nitrogen and oxygen atoms in total. The van der Waals surface area contributed by atoms with Crippen LogP contribution in [0.15, 0.2) is 30.3 Å². The molecule has 1 N–H and O–H groups in total. The third-order valence-electron chi connectivity index (χ3n) is 4.51. The van der Waals surface area contributed by atoms with Gasteiger partial charge in [0.25, 0.3) is 0 Å². The number of hydrogen-bond acceptors (Lipinski definition) is 3. The van der Waals surface area contributed by atoms with Crippen molar-refractivity contribution in [2.24, 2.45) is 0 Å². The minimum Gasteiger partial charge on any atom is -0.350 e. The molecule has 3 rings (SSSR count). The molecule has 1 aliphatic rings. The maximum absolute atomic E-state index is 12.1. The van der Waals surface area contributed by atoms with Crippen LogP contribution in [0.3, 0.4) is 0 Å². The molecule has 0 spiro atoms. The van der Waals surface area contributed by atoms with Crippen molar-refractivity contribution < 1.29 is 9.59 Å². The van der Waals surface area contributed by atoms with E-state index in [0.29, 0.717) is 31.0 Å². The van der Waals surface area contributed by atoms with Crippen LogP contribution < -0.4 is 5.32 Å². The van der Waals surface area contributed by atoms with Crippen molar-refractivity contribution in [3.8, 4) is 0 Å². The highest BCUT2D eigenvalue weighted by Gasteiger charge is 2.18. The van der Waals surface area contributed by atoms with Crippen molar-refractivity contribution >= 4 is 23.4 Å². The van der Waals surface area contributed by atoms with Gasteiger partial charge in [-0.3, -0.25) is 14.3 Å². The Morgan fingerprint density at radius 2 is 2.12 bits per heavy atom. The Hall–Kier alpha value is -2.34. The van der Waals surface area contributed by atoms with E-state index >= 15 is 0 Å². The Morgan fingerprint density at radius 1 is 1.27 bits per heavy atom. The number of benzene rings is 1. The molecule has 2 amide bonds. The normalized spacial score (nSPS) is 13.8. The molecule has 0 unspecified atom stereocenters. The number of nitrogens with zero attached hydrogens (tertiary/aromatic N) is 3. The predicted molar refractivity (Wildman–Crippen MR) is 99.6 cm³/mol. The van der Waals surface area contributed by atoms with E-state index in [1.165, 1.54) is 0 Å². The third kappa shape index (κ3) is 4.85. The number of nitrogens with one attached hydrogen (secondary N) is 1. The summed E-state index contributed by atoms with van der Waals surface area (Å²) in [4.78, 5) is 25.5. The lowest BCUT2D eigenvalue weighted by Gasteiger charge is -2.17. The van der Waals surface area contributed by atoms with Crippen molar-refractivity contribution in [1.82, 2.24) is 20.0 Å². The van der Waals surface area contributed by atoms with Crippen LogP contribution in [0.2, 0.25) is 5.02 Å². The number of rotatable bonds is 5. The van der Waals surface area contributed by atoms with Crippen LogP contribution in [0.25, 0.3) is 0 Å². The number of aromatic nitrogens is 2. The number of aryl methyl sites for hydroxylation is 2. The smallest absolute Gasteiger partial charge is 0.220 e. The highest BCUT2D eigenvalue weighted by Crippen LogP contribution is 2.14. The van der Waals surface area contributed by atoms with Crippen molar-refractivity contribution in [1.29, 1.82) is 0 Å². The quantitative estimate of drug-likeness (QED) is 0.874. The molecule has 7 heteroatoms. The Balaban J connectivity index is 1.51. The second-order valence-corrected chi connectivity index (χ2v) is 6.99. The van der Waals surface area contributed by atoms with Crippen LogP contribution >= 0.6 is 11.6 Å². The first-order chi connectivity index (χ1) is 12.5. The van der Waals surface area contributed by atoms with Crippen molar-refractivity contribution in [2.75, 3.05) is 6.54 Å². The van der Waals surface area contributed by atoms with Crippen LogP contribution in [0.1, 0.15) is 36.7 Å². The summed E-state index contributed by atoms with van der Waals surface area (Å²) in [6, 6.07) is 9.52. The Morgan fingerprint density at radius 3 is 2.88 bits per heavy atom. The van der Waals surface area contributed by atoms with Gasteiger partial charge in [0.05, 0.1) is 24.5 Å². The molecule has 0 aliphatic carbocycles. The number of hydrogen-bond donors (Lipinski definition) is 1. The second kappa shape index (κ2) is 8.36. The Kier molecular flexibility index (Phi) is 5.93. The minimum atomic E-state index is -0.0152. The van der Waals surface area contributed by atoms with E-state index in [-0.39, 0.29) is 11.8 Å². The molecule has 1 aliphatic heterocycles. The van der Waals surface area contributed by atoms with Crippen LogP contribution in [0.5, 0.6) is 0 Å². The van der Waals surface area contributed by atoms with Crippen molar-refractivity contribution in [3.05, 3.63) is 52.3 Å². The zero-order valence-electron chi connectivity index (χ0n) is 14.9. The van der Waals surface area contributed by atoms with Gasteiger partial charge in [0.1, 0.15) is 0 Å². The summed E-state index contributed by atoms with van der Waals surface area (Å²) in [7, 11) is 0. The highest BCUT2D eigenvalue weighted by atomic mass is 35.5. The summed E-state index contributed by atoms with van der Waals surface area (Å²) in [5.74, 6) is 0.0639. The molecule has 1 aromatic carbocycles. The van der Waals surface area contributed by atoms with E-state index in [1.54, 1.807) is 6.92 Å². The van der Waals surface area contributed by atoms with Crippen molar-refractivity contribution in [3.63, 3.8) is 0 Å². The fourth-order valence-corrected chi connectivity index (χ4v) is 3.32. The summed E-state index contributed by atoms with van der Waals surface area (Å²) in [5, 5.41) is 8.15. The standard InChI is InChI=1S/C19H23ClN4O2/c1-14(25)23-8-3-9-24-18(13-23)11-17(22-24)12-21-19(26)7-6-15-4-2-5-16(20)10-15/h2,4-5,10-11H,3,6-9,12-13H2,1H3,(H,21,26). The van der Waals surface area contributed by atoms with Crippen LogP contribution in [-0.4, -0.2) is 33.0 Å². The molecular formula is C19H23ClN4O2. The number of halogens is 1. The van der Waals surface area contributed by atoms with E-state index in [2.05, 4.69) is 10.4 Å². The zero-order valence-corrected chi connectivity index (χ0v) is 15.6. The lowest BCUT2D eigenvalue weighted by molar-refractivity contribution is -0.129. The second-order valence-electron chi connectivity index (χ2n) is 6.55. The first-order valence-electron chi connectivity index (χ1n) is 8.83. The molecule has 0 bridgehead atoms. The number of carbonyl (C=O) groups is 2. The largest absolute Gasteiger partial charge is 0.350 e. The molecule has 2 aromatic rings. The first kappa shape index (κ1) is 18.5. The summed E-state index contributed by atoms with van der Waals surface area (Å²) < 4.78 is 1.94. The fraction of sp³-hybridized carbons (Fsp3) is 0.421. The maximum Gasteiger partial charge on any atom is 0.220 e. The molecule has 26 heavy (non-hydrogen) atoms. The van der Waals surface area contributed by atoms with Gasteiger partial charge >= 0.3 is 0 Å². The van der Waals surface area contributed by atoms with Crippen LogP contribution in [0, 0.1) is 0 Å². The number of amides is 2. The van der Waals surface area contributed by atoms with E-state index in [0.717, 1.165) is 36.5 Å². The average molecular weight is 375 g/mol. The van der Waals surface area contributed by atoms with Crippen LogP contribution in [0.4, 0.5) is 0 Å². The van der Waals surface area contributed by atoms with Gasteiger partial charge in [0, 0.05) is 31.5 Å². The summed E-state index contributed by atoms with van der Waals surface area (Å²) in [6.07, 6.45) is 1.95. The first-order valence-corrected chi connectivity index (χ1v) is 9.21. The lowest BCUT2D eigenvalue weighted by atomic mass is 10.1. The van der Waals surface area contributed by atoms with Gasteiger partial charge in [-0.2, -0.15) is 5.10 Å². The Bertz CT molecular complexity index is 803. The van der Waals surface area contributed by atoms with Gasteiger partial charge in [-0.15, -0.1) is 0 Å². The predicted octanol–water partition coefficient (Wildman–Crippen LogP) is 2.54. The SMILES string of the molecule is CC(=O)N1CCCn2nc(CNC(=O)CCc3cccc(Cl)c3)cc2C1. The molecule has 0 saturated heterocycles. The average Bonchev–Trinajstić information content (AvgIpc) is 2.88. The zero-order chi connectivity index (χ0) is 18.5. The molecule has 2 heterocycles. The topological polar surface area (TPSA) is 67.2 Å². The van der Waals surface area contributed by atoms with Gasteiger partial charge in [0.2, 0.25) is 11.8 Å². The lowest BCUT2D eigenvalue weighted by Crippen LogP contribution is -2.28. The molecular weight excluding hydrogens is 352 g/mol. The maximum atomic E-state index is 12.1. The monoisotopic (exact) mass is 374 g/mol. The third-order valence-corrected chi connectivity index (χ3v) is 4.74. The molecule has 0 atom stereocenters. The summed E-state index contributed by atoms with van der Waals surface area (Å²) in [6.45, 7) is 4.11. The van der Waals surface area contributed by atoms with Crippen molar-refractivity contribution in [2.45, 2.75) is 45.8 Å². The summed E-state index contributed by atoms with van der Waals surface area (Å²) in [5.41, 5.74) is 2.88. The van der Waals surface area contributed by atoms with Gasteiger partial charge < -0.3 is 10.2 Å². The number of carbonyl (C=O) groups excluding carboxylic acids is 2. The van der Waals surface area contributed by atoms with E-state index in [4.69, 9.17) is 11.6 Å². The highest BCUT2D eigenvalue weighted by molar-refractivity contribution is 6.30. The Labute approximate surface area is 158 Å². The van der Waals surface area contributed by atoms with E-state index in [9.17, 15) is 9.59 Å². The fourth-order valence-electron chi connectivity index (χ4n) is 3.10. The minimum absolute atomic E-state index is 0.0152. The summed E-state index contributed by atoms with van der Waals surface area (Å²) >= 11 is 5.96. The van der Waals surface area contributed by atoms with Gasteiger partial charge in [-0.05, 0) is 36.6 Å². The van der Waals surface area contributed by atoms with Gasteiger partial charge in [0.15, 0.2) is 0 Å². The van der Waals surface area contributed by atoms with Gasteiger partial charge in [-0.1, -0.05) is 23.7 Å². The number of fused-ring (bicyclic) bond motifs is 1. The van der Waals surface area contributed by atoms with E-state index in [1.807, 2.05) is 39.9 Å². The van der Waals surface area contributed by atoms with Gasteiger partial charge in [-0.25, -0.2) is 0 Å². The van der Waals surface area contributed by atoms with Crippen LogP contribution in [-0.2, 0) is 35.6 Å². The molecule has 0 radical (unpaired) electrons. The molecule has 1 aromatic heterocycles.